The Morgan fingerprint density at radius 1 is 1.00 bits per heavy atom. The number of aryl methyl sites for hydroxylation is 2. The topological polar surface area (TPSA) is 84.8 Å². The van der Waals surface area contributed by atoms with Crippen molar-refractivity contribution in [1.29, 1.82) is 0 Å². The predicted octanol–water partition coefficient (Wildman–Crippen LogP) is 8.13. The number of fused-ring (bicyclic) bond motifs is 1. The van der Waals surface area contributed by atoms with Gasteiger partial charge < -0.3 is 19.2 Å². The van der Waals surface area contributed by atoms with Gasteiger partial charge >= 0.3 is 5.97 Å². The van der Waals surface area contributed by atoms with Crippen molar-refractivity contribution in [2.45, 2.75) is 110 Å². The lowest BCUT2D eigenvalue weighted by Gasteiger charge is -2.42. The van der Waals surface area contributed by atoms with Gasteiger partial charge in [0.2, 0.25) is 8.32 Å². The van der Waals surface area contributed by atoms with Crippen LogP contribution in [-0.2, 0) is 32.4 Å². The van der Waals surface area contributed by atoms with Crippen LogP contribution in [0.2, 0.25) is 17.1 Å². The minimum Gasteiger partial charge on any atom is -0.460 e. The van der Waals surface area contributed by atoms with Crippen molar-refractivity contribution in [2.75, 3.05) is 18.0 Å². The number of piperidine rings is 1. The molecule has 2 aliphatic rings. The van der Waals surface area contributed by atoms with E-state index in [4.69, 9.17) is 9.16 Å². The number of nitrogens with zero attached hydrogens (tertiary/aromatic N) is 3. The first kappa shape index (κ1) is 37.0. The summed E-state index contributed by atoms with van der Waals surface area (Å²) in [6.07, 6.45) is 4.34. The summed E-state index contributed by atoms with van der Waals surface area (Å²) in [7, 11) is -2.63. The number of carbonyl (C=O) groups is 1. The minimum atomic E-state index is -2.63. The molecular formula is C38H50F3N3O4Si. The summed E-state index contributed by atoms with van der Waals surface area (Å²) in [4.78, 5) is 25.0. The lowest BCUT2D eigenvalue weighted by atomic mass is 9.84. The van der Waals surface area contributed by atoms with Gasteiger partial charge in [-0.2, -0.15) is 0 Å². The number of carbonyl (C=O) groups excluding carboxylic acids is 1. The third-order valence-corrected chi connectivity index (χ3v) is 15.8. The summed E-state index contributed by atoms with van der Waals surface area (Å²) >= 11 is 0. The highest BCUT2D eigenvalue weighted by Crippen LogP contribution is 2.57. The van der Waals surface area contributed by atoms with Gasteiger partial charge in [0.15, 0.2) is 0 Å². The largest absolute Gasteiger partial charge is 0.460 e. The Labute approximate surface area is 289 Å². The van der Waals surface area contributed by atoms with Crippen molar-refractivity contribution in [3.63, 3.8) is 0 Å². The van der Waals surface area contributed by atoms with Gasteiger partial charge in [0, 0.05) is 42.8 Å². The second-order valence-corrected chi connectivity index (χ2v) is 21.1. The van der Waals surface area contributed by atoms with Gasteiger partial charge in [-0.1, -0.05) is 27.7 Å². The second-order valence-electron chi connectivity index (χ2n) is 16.5. The Kier molecular flexibility index (Phi) is 9.90. The molecule has 0 radical (unpaired) electrons. The maximum absolute atomic E-state index is 15.1. The summed E-state index contributed by atoms with van der Waals surface area (Å²) in [6, 6.07) is 6.67. The number of esters is 1. The van der Waals surface area contributed by atoms with Crippen LogP contribution in [-0.4, -0.2) is 54.2 Å². The fourth-order valence-electron chi connectivity index (χ4n) is 7.31. The van der Waals surface area contributed by atoms with Crippen LogP contribution in [0.1, 0.15) is 79.1 Å². The number of aliphatic hydroxyl groups is 1. The average Bonchev–Trinajstić information content (AvgIpc) is 3.30. The second kappa shape index (κ2) is 13.1. The molecule has 49 heavy (non-hydrogen) atoms. The number of hydrogen-bond acceptors (Lipinski definition) is 7. The Bertz CT molecular complexity index is 1690. The molecule has 3 aromatic rings. The van der Waals surface area contributed by atoms with Gasteiger partial charge in [0.25, 0.3) is 0 Å². The van der Waals surface area contributed by atoms with E-state index in [1.165, 1.54) is 26.0 Å². The molecule has 0 saturated carbocycles. The normalized spacial score (nSPS) is 24.6. The van der Waals surface area contributed by atoms with Crippen LogP contribution in [0.15, 0.2) is 42.7 Å². The fourth-order valence-corrected chi connectivity index (χ4v) is 11.3. The molecule has 0 spiro atoms. The molecular weight excluding hydrogens is 648 g/mol. The Morgan fingerprint density at radius 2 is 1.65 bits per heavy atom. The fraction of sp³-hybridized carbons (Fsp3) is 0.553. The summed E-state index contributed by atoms with van der Waals surface area (Å²) in [5.74, 6) is -2.94. The first-order valence-corrected chi connectivity index (χ1v) is 19.6. The highest BCUT2D eigenvalue weighted by Gasteiger charge is 2.65. The van der Waals surface area contributed by atoms with E-state index in [2.05, 4.69) is 49.1 Å². The van der Waals surface area contributed by atoms with Crippen molar-refractivity contribution in [3.8, 4) is 11.3 Å². The molecule has 5 rings (SSSR count). The maximum atomic E-state index is 15.1. The lowest BCUT2D eigenvalue weighted by Crippen LogP contribution is -2.50. The molecule has 1 N–H and O–H groups in total. The Morgan fingerprint density at radius 3 is 2.24 bits per heavy atom. The number of pyridine rings is 2. The number of hydrogen-bond donors (Lipinski definition) is 1. The van der Waals surface area contributed by atoms with E-state index in [9.17, 15) is 14.3 Å². The quantitative estimate of drug-likeness (QED) is 0.197. The lowest BCUT2D eigenvalue weighted by molar-refractivity contribution is -0.156. The van der Waals surface area contributed by atoms with Crippen LogP contribution in [0, 0.1) is 29.3 Å². The van der Waals surface area contributed by atoms with Gasteiger partial charge in [-0.25, -0.2) is 18.2 Å². The van der Waals surface area contributed by atoms with Gasteiger partial charge in [-0.05, 0) is 106 Å². The number of benzene rings is 1. The third kappa shape index (κ3) is 7.44. The number of aromatic nitrogens is 2. The molecule has 266 valence electrons. The number of anilines is 1. The van der Waals surface area contributed by atoms with Crippen molar-refractivity contribution in [3.05, 3.63) is 77.0 Å². The number of halogens is 3. The molecule has 2 aliphatic heterocycles. The Balaban J connectivity index is 1.42. The van der Waals surface area contributed by atoms with Crippen LogP contribution in [0.25, 0.3) is 11.3 Å². The average molecular weight is 698 g/mol. The zero-order valence-electron chi connectivity index (χ0n) is 30.3. The van der Waals surface area contributed by atoms with Crippen molar-refractivity contribution >= 4 is 20.0 Å². The van der Waals surface area contributed by atoms with Crippen LogP contribution in [0.4, 0.5) is 18.9 Å². The van der Waals surface area contributed by atoms with E-state index in [1.54, 1.807) is 12.4 Å². The van der Waals surface area contributed by atoms with Crippen molar-refractivity contribution < 1.29 is 32.2 Å². The minimum absolute atomic E-state index is 0.0391. The Hall–Kier alpha value is -3.28. The van der Waals surface area contributed by atoms with E-state index < -0.39 is 48.2 Å². The van der Waals surface area contributed by atoms with Crippen molar-refractivity contribution in [2.24, 2.45) is 11.8 Å². The van der Waals surface area contributed by atoms with Gasteiger partial charge in [-0.3, -0.25) is 9.78 Å². The standard InChI is InChI=1S/C38H50F3N3O4Si/c1-22-20-44(21-26-33(22)48-49(10,37(5,6)7)34(26)35(45)47-36(2,3)4)30-15-16-42-19-23(30)11-12-25-13-14-27(39)32(43-25)31-28(40)17-24(18-29(31)41)38(8,9)46/h13-19,22,26,33-34,46H,11-12,20-21H2,1-10H3/t22-,26+,33+,34?,49?/m0/s1. The molecule has 11 heteroatoms. The predicted molar refractivity (Wildman–Crippen MR) is 187 cm³/mol. The summed E-state index contributed by atoms with van der Waals surface area (Å²) in [5, 5.41) is 10.0. The van der Waals surface area contributed by atoms with E-state index in [0.717, 1.165) is 29.9 Å². The van der Waals surface area contributed by atoms with Crippen LogP contribution >= 0.6 is 0 Å². The number of rotatable bonds is 7. The molecule has 0 bridgehead atoms. The van der Waals surface area contributed by atoms with Gasteiger partial charge in [-0.15, -0.1) is 0 Å². The van der Waals surface area contributed by atoms with E-state index >= 15 is 8.78 Å². The highest BCUT2D eigenvalue weighted by molar-refractivity contribution is 6.80. The van der Waals surface area contributed by atoms with E-state index in [0.29, 0.717) is 25.1 Å². The zero-order valence-corrected chi connectivity index (χ0v) is 31.3. The van der Waals surface area contributed by atoms with E-state index in [-0.39, 0.29) is 40.1 Å². The molecule has 2 unspecified atom stereocenters. The molecule has 2 aromatic heterocycles. The summed E-state index contributed by atoms with van der Waals surface area (Å²) < 4.78 is 58.3. The monoisotopic (exact) mass is 697 g/mol. The van der Waals surface area contributed by atoms with E-state index in [1.807, 2.05) is 26.8 Å². The highest BCUT2D eigenvalue weighted by atomic mass is 28.4. The summed E-state index contributed by atoms with van der Waals surface area (Å²) in [5.41, 5.74) is -1.00. The first-order chi connectivity index (χ1) is 22.6. The van der Waals surface area contributed by atoms with Crippen LogP contribution < -0.4 is 4.90 Å². The third-order valence-electron chi connectivity index (χ3n) is 10.2. The molecule has 4 heterocycles. The molecule has 0 amide bonds. The molecule has 0 aliphatic carbocycles. The summed E-state index contributed by atoms with van der Waals surface area (Å²) in [6.45, 7) is 20.7. The molecule has 1 aromatic carbocycles. The molecule has 2 fully saturated rings. The maximum Gasteiger partial charge on any atom is 0.309 e. The molecule has 7 nitrogen and oxygen atoms in total. The number of ether oxygens (including phenoxy) is 1. The van der Waals surface area contributed by atoms with Crippen LogP contribution in [0.5, 0.6) is 0 Å². The van der Waals surface area contributed by atoms with Gasteiger partial charge in [0.1, 0.15) is 28.7 Å². The first-order valence-electron chi connectivity index (χ1n) is 17.1. The zero-order chi connectivity index (χ0) is 36.3. The smallest absolute Gasteiger partial charge is 0.309 e. The van der Waals surface area contributed by atoms with Gasteiger partial charge in [0.05, 0.1) is 22.8 Å². The molecule has 2 saturated heterocycles. The van der Waals surface area contributed by atoms with Crippen LogP contribution in [0.3, 0.4) is 0 Å². The van der Waals surface area contributed by atoms with Crippen molar-refractivity contribution in [1.82, 2.24) is 9.97 Å². The SMILES string of the molecule is C[C@H]1CN(c2ccncc2CCc2ccc(F)c(-c3c(F)cc(C(C)(C)O)cc3F)n2)C[C@H]2C(C(=O)OC(C)(C)C)[Si](C)(C(C)(C)C)O[C@H]12. The molecule has 5 atom stereocenters.